The molecule has 1 aromatic carbocycles. The first-order valence-corrected chi connectivity index (χ1v) is 4.55. The fraction of sp³-hybridized carbons (Fsp3) is 0.400. The van der Waals surface area contributed by atoms with E-state index in [0.29, 0.717) is 0 Å². The molecule has 0 nitrogen and oxygen atoms in total. The second-order valence-electron chi connectivity index (χ2n) is 3.44. The van der Waals surface area contributed by atoms with E-state index in [4.69, 9.17) is 0 Å². The van der Waals surface area contributed by atoms with E-state index in [1.54, 1.807) is 0 Å². The topological polar surface area (TPSA) is 0 Å². The Morgan fingerprint density at radius 3 is 2.45 bits per heavy atom. The lowest BCUT2D eigenvalue weighted by Gasteiger charge is -2.16. The van der Waals surface area contributed by atoms with Gasteiger partial charge in [0.2, 0.25) is 0 Å². The summed E-state index contributed by atoms with van der Waals surface area (Å²) < 4.78 is 0.290. The van der Waals surface area contributed by atoms with E-state index < -0.39 is 0 Å². The van der Waals surface area contributed by atoms with E-state index in [-0.39, 0.29) is 4.75 Å². The van der Waals surface area contributed by atoms with Crippen molar-refractivity contribution in [1.82, 2.24) is 0 Å². The van der Waals surface area contributed by atoms with E-state index in [2.05, 4.69) is 32.9 Å². The quantitative estimate of drug-likeness (QED) is 0.575. The van der Waals surface area contributed by atoms with Gasteiger partial charge in [0.1, 0.15) is 0 Å². The van der Waals surface area contributed by atoms with Crippen LogP contribution in [0.2, 0.25) is 0 Å². The maximum Gasteiger partial charge on any atom is 0.0156 e. The van der Waals surface area contributed by atoms with Crippen molar-refractivity contribution in [3.8, 4) is 0 Å². The highest BCUT2D eigenvalue weighted by atomic mass is 32.2. The zero-order chi connectivity index (χ0) is 8.32. The molecule has 1 heteroatoms. The molecule has 59 valence electrons. The minimum atomic E-state index is 0.290. The van der Waals surface area contributed by atoms with Crippen LogP contribution in [0, 0.1) is 6.07 Å². The highest BCUT2D eigenvalue weighted by Gasteiger charge is 2.10. The zero-order valence-electron chi connectivity index (χ0n) is 7.22. The molecule has 0 bridgehead atoms. The number of hydrogen-bond donors (Lipinski definition) is 0. The summed E-state index contributed by atoms with van der Waals surface area (Å²) in [5, 5.41) is 0. The molecule has 1 radical (unpaired) electrons. The molecule has 1 aromatic rings. The largest absolute Gasteiger partial charge is 0.120 e. The van der Waals surface area contributed by atoms with Gasteiger partial charge >= 0.3 is 0 Å². The van der Waals surface area contributed by atoms with Gasteiger partial charge in [0, 0.05) is 9.64 Å². The van der Waals surface area contributed by atoms with Crippen LogP contribution in [0.5, 0.6) is 0 Å². The third-order valence-electron chi connectivity index (χ3n) is 1.10. The monoisotopic (exact) mass is 165 g/mol. The Morgan fingerprint density at radius 1 is 1.27 bits per heavy atom. The summed E-state index contributed by atoms with van der Waals surface area (Å²) in [6.45, 7) is 6.62. The Morgan fingerprint density at radius 2 is 2.00 bits per heavy atom. The standard InChI is InChI=1S/C10H13S/c1-10(2,3)11-9-7-5-4-6-8-9/h4-7H,1-3H3. The number of rotatable bonds is 1. The summed E-state index contributed by atoms with van der Waals surface area (Å²) >= 11 is 1.85. The van der Waals surface area contributed by atoms with Crippen molar-refractivity contribution in [3.63, 3.8) is 0 Å². The van der Waals surface area contributed by atoms with Gasteiger partial charge in [-0.3, -0.25) is 0 Å². The van der Waals surface area contributed by atoms with Crippen LogP contribution in [0.1, 0.15) is 20.8 Å². The Labute approximate surface area is 73.0 Å². The smallest absolute Gasteiger partial charge is 0.0156 e. The molecule has 0 aliphatic rings. The van der Waals surface area contributed by atoms with Crippen LogP contribution in [-0.2, 0) is 0 Å². The van der Waals surface area contributed by atoms with Crippen LogP contribution < -0.4 is 0 Å². The molecule has 0 saturated carbocycles. The predicted octanol–water partition coefficient (Wildman–Crippen LogP) is 3.38. The maximum atomic E-state index is 3.19. The van der Waals surface area contributed by atoms with Gasteiger partial charge < -0.3 is 0 Å². The third kappa shape index (κ3) is 3.47. The molecule has 0 aromatic heterocycles. The highest BCUT2D eigenvalue weighted by molar-refractivity contribution is 8.00. The van der Waals surface area contributed by atoms with Crippen molar-refractivity contribution in [2.24, 2.45) is 0 Å². The van der Waals surface area contributed by atoms with Crippen molar-refractivity contribution in [2.75, 3.05) is 0 Å². The molecule has 11 heavy (non-hydrogen) atoms. The molecule has 0 unspecified atom stereocenters. The molecule has 0 atom stereocenters. The van der Waals surface area contributed by atoms with Crippen LogP contribution >= 0.6 is 11.8 Å². The van der Waals surface area contributed by atoms with E-state index in [0.717, 1.165) is 0 Å². The summed E-state index contributed by atoms with van der Waals surface area (Å²) in [5.74, 6) is 0. The van der Waals surface area contributed by atoms with Gasteiger partial charge in [-0.05, 0) is 12.1 Å². The lowest BCUT2D eigenvalue weighted by atomic mass is 10.3. The normalized spacial score (nSPS) is 11.5. The van der Waals surface area contributed by atoms with E-state index in [1.165, 1.54) is 4.90 Å². The fourth-order valence-electron chi connectivity index (χ4n) is 0.770. The first-order chi connectivity index (χ1) is 5.08. The predicted molar refractivity (Wildman–Crippen MR) is 50.9 cm³/mol. The lowest BCUT2D eigenvalue weighted by Crippen LogP contribution is -2.06. The van der Waals surface area contributed by atoms with Crippen molar-refractivity contribution >= 4 is 11.8 Å². The van der Waals surface area contributed by atoms with Crippen molar-refractivity contribution < 1.29 is 0 Å². The van der Waals surface area contributed by atoms with Crippen molar-refractivity contribution in [2.45, 2.75) is 30.4 Å². The second-order valence-corrected chi connectivity index (χ2v) is 5.31. The average molecular weight is 165 g/mol. The van der Waals surface area contributed by atoms with Gasteiger partial charge in [-0.1, -0.05) is 39.0 Å². The lowest BCUT2D eigenvalue weighted by molar-refractivity contribution is 0.803. The molecule has 0 amide bonds. The van der Waals surface area contributed by atoms with E-state index >= 15 is 0 Å². The first-order valence-electron chi connectivity index (χ1n) is 3.74. The summed E-state index contributed by atoms with van der Waals surface area (Å²) in [6.07, 6.45) is 0. The van der Waals surface area contributed by atoms with Crippen LogP contribution in [0.3, 0.4) is 0 Å². The molecule has 1 rings (SSSR count). The van der Waals surface area contributed by atoms with Gasteiger partial charge in [0.15, 0.2) is 0 Å². The van der Waals surface area contributed by atoms with Crippen LogP contribution in [0.25, 0.3) is 0 Å². The Bertz CT molecular complexity index is 208. The SMILES string of the molecule is CC(C)(C)Sc1[c]cccc1. The summed E-state index contributed by atoms with van der Waals surface area (Å²) in [4.78, 5) is 1.22. The van der Waals surface area contributed by atoms with Gasteiger partial charge in [-0.15, -0.1) is 11.8 Å². The van der Waals surface area contributed by atoms with Crippen LogP contribution in [0.15, 0.2) is 29.2 Å². The summed E-state index contributed by atoms with van der Waals surface area (Å²) in [7, 11) is 0. The van der Waals surface area contributed by atoms with Gasteiger partial charge in [-0.25, -0.2) is 0 Å². The molecule has 0 aliphatic heterocycles. The zero-order valence-corrected chi connectivity index (χ0v) is 8.03. The fourth-order valence-corrected chi connectivity index (χ4v) is 1.70. The summed E-state index contributed by atoms with van der Waals surface area (Å²) in [5.41, 5.74) is 0. The molecule has 0 N–H and O–H groups in total. The number of hydrogen-bond acceptors (Lipinski definition) is 1. The van der Waals surface area contributed by atoms with Gasteiger partial charge in [0.05, 0.1) is 0 Å². The molecule has 0 spiro atoms. The molecular formula is C10H13S. The van der Waals surface area contributed by atoms with E-state index in [9.17, 15) is 0 Å². The molecule has 0 fully saturated rings. The molecule has 0 saturated heterocycles. The highest BCUT2D eigenvalue weighted by Crippen LogP contribution is 2.30. The van der Waals surface area contributed by atoms with Crippen molar-refractivity contribution in [1.29, 1.82) is 0 Å². The van der Waals surface area contributed by atoms with Gasteiger partial charge in [-0.2, -0.15) is 0 Å². The van der Waals surface area contributed by atoms with Crippen LogP contribution in [-0.4, -0.2) is 4.75 Å². The molecule has 0 heterocycles. The van der Waals surface area contributed by atoms with Gasteiger partial charge in [0.25, 0.3) is 0 Å². The Balaban J connectivity index is 2.66. The second kappa shape index (κ2) is 3.31. The van der Waals surface area contributed by atoms with E-state index in [1.807, 2.05) is 30.0 Å². The Kier molecular flexibility index (Phi) is 2.61. The first kappa shape index (κ1) is 8.66. The minimum absolute atomic E-state index is 0.290. The van der Waals surface area contributed by atoms with Crippen LogP contribution in [0.4, 0.5) is 0 Å². The number of benzene rings is 1. The Hall–Kier alpha value is -0.430. The molecular weight excluding hydrogens is 152 g/mol. The molecule has 0 aliphatic carbocycles. The van der Waals surface area contributed by atoms with Crippen molar-refractivity contribution in [3.05, 3.63) is 30.3 Å². The minimum Gasteiger partial charge on any atom is -0.120 e. The third-order valence-corrected chi connectivity index (χ3v) is 2.18. The number of thioether (sulfide) groups is 1. The maximum absolute atomic E-state index is 3.19. The average Bonchev–Trinajstić information content (AvgIpc) is 1.85. The summed E-state index contributed by atoms with van der Waals surface area (Å²) in [6, 6.07) is 11.3.